The summed E-state index contributed by atoms with van der Waals surface area (Å²) in [5.41, 5.74) is 2.26. The molecule has 2 aromatic carbocycles. The minimum Gasteiger partial charge on any atom is -0.492 e. The van der Waals surface area contributed by atoms with Gasteiger partial charge in [0.05, 0.1) is 16.5 Å². The number of aryl methyl sites for hydroxylation is 1. The normalized spacial score (nSPS) is 12.2. The van der Waals surface area contributed by atoms with E-state index in [1.54, 1.807) is 13.0 Å². The number of alkyl halides is 1. The van der Waals surface area contributed by atoms with Crippen molar-refractivity contribution in [3.05, 3.63) is 63.4 Å². The fourth-order valence-corrected chi connectivity index (χ4v) is 2.75. The highest BCUT2D eigenvalue weighted by Gasteiger charge is 2.14. The fourth-order valence-electron chi connectivity index (χ4n) is 1.96. The zero-order valence-corrected chi connectivity index (χ0v) is 14.3. The van der Waals surface area contributed by atoms with E-state index in [1.807, 2.05) is 24.3 Å². The van der Waals surface area contributed by atoms with Gasteiger partial charge in [0.15, 0.2) is 0 Å². The summed E-state index contributed by atoms with van der Waals surface area (Å²) in [6.07, 6.45) is 0.953. The van der Waals surface area contributed by atoms with Crippen molar-refractivity contribution in [2.45, 2.75) is 25.6 Å². The molecule has 21 heavy (non-hydrogen) atoms. The van der Waals surface area contributed by atoms with Gasteiger partial charge < -0.3 is 4.74 Å². The maximum Gasteiger partial charge on any atom is 0.133 e. The summed E-state index contributed by atoms with van der Waals surface area (Å²) in [6.45, 7) is 4.47. The molecular formula is C17H17BrClFO. The topological polar surface area (TPSA) is 9.23 Å². The number of benzene rings is 2. The molecule has 0 aliphatic heterocycles. The van der Waals surface area contributed by atoms with Gasteiger partial charge in [-0.3, -0.25) is 0 Å². The van der Waals surface area contributed by atoms with Crippen molar-refractivity contribution in [2.75, 3.05) is 6.61 Å². The van der Waals surface area contributed by atoms with E-state index < -0.39 is 5.38 Å². The van der Waals surface area contributed by atoms with Crippen LogP contribution in [0.25, 0.3) is 0 Å². The van der Waals surface area contributed by atoms with Crippen LogP contribution in [0.2, 0.25) is 0 Å². The first-order valence-corrected chi connectivity index (χ1v) is 8.08. The Morgan fingerprint density at radius 1 is 1.19 bits per heavy atom. The molecular weight excluding hydrogens is 355 g/mol. The molecule has 0 bridgehead atoms. The Labute approximate surface area is 138 Å². The van der Waals surface area contributed by atoms with Gasteiger partial charge in [0.1, 0.15) is 11.6 Å². The number of rotatable bonds is 5. The second kappa shape index (κ2) is 7.28. The molecule has 2 aromatic rings. The van der Waals surface area contributed by atoms with Gasteiger partial charge in [0.2, 0.25) is 0 Å². The summed E-state index contributed by atoms with van der Waals surface area (Å²) < 4.78 is 20.1. The van der Waals surface area contributed by atoms with E-state index >= 15 is 0 Å². The van der Waals surface area contributed by atoms with E-state index in [-0.39, 0.29) is 5.82 Å². The monoisotopic (exact) mass is 370 g/mol. The Morgan fingerprint density at radius 3 is 2.48 bits per heavy atom. The second-order valence-corrected chi connectivity index (χ2v) is 6.20. The molecule has 1 unspecified atom stereocenters. The largest absolute Gasteiger partial charge is 0.492 e. The van der Waals surface area contributed by atoms with Crippen LogP contribution in [0.15, 0.2) is 40.9 Å². The molecule has 0 amide bonds. The molecule has 1 nitrogen and oxygen atoms in total. The van der Waals surface area contributed by atoms with E-state index in [4.69, 9.17) is 16.3 Å². The Bertz CT molecular complexity index is 630. The first-order chi connectivity index (χ1) is 10.0. The summed E-state index contributed by atoms with van der Waals surface area (Å²) in [5.74, 6) is 0.555. The zero-order valence-electron chi connectivity index (χ0n) is 12.0. The van der Waals surface area contributed by atoms with Gasteiger partial charge in [-0.25, -0.2) is 4.39 Å². The molecule has 2 rings (SSSR count). The van der Waals surface area contributed by atoms with Gasteiger partial charge >= 0.3 is 0 Å². The van der Waals surface area contributed by atoms with Crippen LogP contribution in [-0.4, -0.2) is 6.61 Å². The van der Waals surface area contributed by atoms with E-state index in [0.717, 1.165) is 27.8 Å². The maximum atomic E-state index is 13.7. The quantitative estimate of drug-likeness (QED) is 0.584. The molecule has 0 N–H and O–H groups in total. The van der Waals surface area contributed by atoms with Gasteiger partial charge in [0, 0.05) is 0 Å². The number of halogens is 3. The van der Waals surface area contributed by atoms with E-state index in [0.29, 0.717) is 12.2 Å². The summed E-state index contributed by atoms with van der Waals surface area (Å²) in [5, 5.41) is -0.392. The third-order valence-electron chi connectivity index (χ3n) is 3.20. The van der Waals surface area contributed by atoms with Crippen molar-refractivity contribution in [3.63, 3.8) is 0 Å². The second-order valence-electron chi connectivity index (χ2n) is 4.91. The highest BCUT2D eigenvalue weighted by molar-refractivity contribution is 9.10. The molecule has 0 aromatic heterocycles. The Morgan fingerprint density at radius 2 is 1.86 bits per heavy atom. The van der Waals surface area contributed by atoms with Crippen molar-refractivity contribution in [3.8, 4) is 5.75 Å². The molecule has 0 heterocycles. The molecule has 4 heteroatoms. The fraction of sp³-hybridized carbons (Fsp3) is 0.294. The lowest BCUT2D eigenvalue weighted by molar-refractivity contribution is 0.315. The first-order valence-electron chi connectivity index (χ1n) is 6.85. The average Bonchev–Trinajstić information content (AvgIpc) is 2.48. The lowest BCUT2D eigenvalue weighted by Gasteiger charge is -2.14. The molecule has 0 aliphatic rings. The van der Waals surface area contributed by atoms with Crippen molar-refractivity contribution >= 4 is 27.5 Å². The highest BCUT2D eigenvalue weighted by Crippen LogP contribution is 2.34. The predicted molar refractivity (Wildman–Crippen MR) is 88.8 cm³/mol. The maximum absolute atomic E-state index is 13.7. The minimum absolute atomic E-state index is 0.236. The summed E-state index contributed by atoms with van der Waals surface area (Å²) in [7, 11) is 0. The Hall–Kier alpha value is -1.06. The third kappa shape index (κ3) is 3.98. The summed E-state index contributed by atoms with van der Waals surface area (Å²) >= 11 is 9.94. The lowest BCUT2D eigenvalue weighted by atomic mass is 10.0. The van der Waals surface area contributed by atoms with Crippen LogP contribution in [0.4, 0.5) is 4.39 Å². The Kier molecular flexibility index (Phi) is 5.65. The molecule has 0 aliphatic carbocycles. The van der Waals surface area contributed by atoms with Gasteiger partial charge in [-0.1, -0.05) is 25.1 Å². The van der Waals surface area contributed by atoms with Crippen molar-refractivity contribution < 1.29 is 9.13 Å². The number of hydrogen-bond donors (Lipinski definition) is 0. The Balaban J connectivity index is 2.24. The summed E-state index contributed by atoms with van der Waals surface area (Å²) in [4.78, 5) is 0. The standard InChI is InChI=1S/C17H17BrClFO/c1-3-8-21-16-7-6-12(9-14(16)18)17(19)13-5-4-11(2)15(20)10-13/h4-7,9-10,17H,3,8H2,1-2H3. The molecule has 0 fully saturated rings. The van der Waals surface area contributed by atoms with Gasteiger partial charge in [0.25, 0.3) is 0 Å². The molecule has 0 saturated carbocycles. The van der Waals surface area contributed by atoms with Gasteiger partial charge in [-0.15, -0.1) is 11.6 Å². The minimum atomic E-state index is -0.392. The lowest BCUT2D eigenvalue weighted by Crippen LogP contribution is -1.98. The average molecular weight is 372 g/mol. The zero-order chi connectivity index (χ0) is 15.4. The number of ether oxygens (including phenoxy) is 1. The van der Waals surface area contributed by atoms with E-state index in [2.05, 4.69) is 22.9 Å². The molecule has 1 atom stereocenters. The van der Waals surface area contributed by atoms with E-state index in [9.17, 15) is 4.39 Å². The van der Waals surface area contributed by atoms with E-state index in [1.165, 1.54) is 6.07 Å². The predicted octanol–water partition coefficient (Wildman–Crippen LogP) is 6.01. The first kappa shape index (κ1) is 16.3. The van der Waals surface area contributed by atoms with Gasteiger partial charge in [-0.05, 0) is 64.2 Å². The van der Waals surface area contributed by atoms with Crippen LogP contribution in [0.5, 0.6) is 5.75 Å². The van der Waals surface area contributed by atoms with Crippen molar-refractivity contribution in [1.82, 2.24) is 0 Å². The van der Waals surface area contributed by atoms with Crippen molar-refractivity contribution in [1.29, 1.82) is 0 Å². The van der Waals surface area contributed by atoms with Crippen molar-refractivity contribution in [2.24, 2.45) is 0 Å². The summed E-state index contributed by atoms with van der Waals surface area (Å²) in [6, 6.07) is 10.8. The van der Waals surface area contributed by atoms with Crippen LogP contribution in [0.3, 0.4) is 0 Å². The SMILES string of the molecule is CCCOc1ccc(C(Cl)c2ccc(C)c(F)c2)cc1Br. The van der Waals surface area contributed by atoms with Crippen LogP contribution >= 0.6 is 27.5 Å². The van der Waals surface area contributed by atoms with Gasteiger partial charge in [-0.2, -0.15) is 0 Å². The molecule has 112 valence electrons. The third-order valence-corrected chi connectivity index (χ3v) is 4.32. The number of hydrogen-bond acceptors (Lipinski definition) is 1. The molecule has 0 radical (unpaired) electrons. The van der Waals surface area contributed by atoms with Crippen LogP contribution in [0, 0.1) is 12.7 Å². The molecule has 0 saturated heterocycles. The van der Waals surface area contributed by atoms with Crippen LogP contribution < -0.4 is 4.74 Å². The van der Waals surface area contributed by atoms with Crippen LogP contribution in [-0.2, 0) is 0 Å². The molecule has 0 spiro atoms. The highest BCUT2D eigenvalue weighted by atomic mass is 79.9. The van der Waals surface area contributed by atoms with Crippen LogP contribution in [0.1, 0.15) is 35.4 Å². The smallest absolute Gasteiger partial charge is 0.133 e.